The Hall–Kier alpha value is -1.22. The first-order valence-electron chi connectivity index (χ1n) is 26.3. The van der Waals surface area contributed by atoms with Gasteiger partial charge in [-0.3, -0.25) is 9.59 Å². The topological polar surface area (TPSA) is 37.4 Å². The van der Waals surface area contributed by atoms with E-state index in [9.17, 15) is 9.59 Å². The highest BCUT2D eigenvalue weighted by Crippen LogP contribution is 2.31. The molecule has 0 aromatic rings. The van der Waals surface area contributed by atoms with Crippen LogP contribution in [0.4, 0.5) is 0 Å². The van der Waals surface area contributed by atoms with E-state index in [0.717, 1.165) is 38.6 Å². The van der Waals surface area contributed by atoms with Crippen molar-refractivity contribution in [2.24, 2.45) is 17.8 Å². The fourth-order valence-corrected chi connectivity index (χ4v) is 9.08. The summed E-state index contributed by atoms with van der Waals surface area (Å²) in [4.78, 5) is 28.7. The maximum Gasteiger partial charge on any atom is 0.134 e. The first-order valence-corrected chi connectivity index (χ1v) is 26.3. The van der Waals surface area contributed by atoms with Gasteiger partial charge in [0.2, 0.25) is 0 Å². The summed E-state index contributed by atoms with van der Waals surface area (Å²) < 4.78 is 0. The van der Waals surface area contributed by atoms with Crippen LogP contribution in [0.1, 0.15) is 278 Å². The number of unbranched alkanes of at least 4 members (excludes halogenated alkanes) is 26. The minimum atomic E-state index is 0.390. The number of carbonyl (C=O) groups is 2. The first kappa shape index (κ1) is 56.8. The first-order chi connectivity index (χ1) is 28.4. The molecule has 3 heteroatoms. The standard InChI is InChI=1S/C55H105NO2/c1-7-11-14-16-18-20-22-24-26-28-30-32-34-36-38-40-43-51(42-39-37-35-33-31-29-27-25-23-21-19-17-15-12-8-2)49-54(57)46-45-52(44-13-9-3)53(41-10-4)50-55(58)47-48-56(5)6/h9,13,24,26,51-53H,7-8,10-12,14-23,25,27-50H2,1-6H3/b13-9-,26-24-. The van der Waals surface area contributed by atoms with Crippen molar-refractivity contribution in [3.8, 4) is 0 Å². The van der Waals surface area contributed by atoms with Crippen molar-refractivity contribution in [3.63, 3.8) is 0 Å². The summed E-state index contributed by atoms with van der Waals surface area (Å²) in [5.41, 5.74) is 0. The summed E-state index contributed by atoms with van der Waals surface area (Å²) in [6.07, 6.45) is 58.5. The van der Waals surface area contributed by atoms with Crippen LogP contribution in [-0.2, 0) is 9.59 Å². The van der Waals surface area contributed by atoms with Crippen molar-refractivity contribution in [1.29, 1.82) is 0 Å². The van der Waals surface area contributed by atoms with Gasteiger partial charge >= 0.3 is 0 Å². The number of carbonyl (C=O) groups excluding carboxylic acids is 2. The van der Waals surface area contributed by atoms with E-state index in [1.54, 1.807) is 0 Å². The van der Waals surface area contributed by atoms with Crippen molar-refractivity contribution < 1.29 is 9.59 Å². The molecule has 0 N–H and O–H groups in total. The highest BCUT2D eigenvalue weighted by Gasteiger charge is 2.24. The lowest BCUT2D eigenvalue weighted by molar-refractivity contribution is -0.120. The highest BCUT2D eigenvalue weighted by molar-refractivity contribution is 5.79. The zero-order valence-corrected chi connectivity index (χ0v) is 40.6. The van der Waals surface area contributed by atoms with E-state index in [-0.39, 0.29) is 0 Å². The minimum absolute atomic E-state index is 0.390. The van der Waals surface area contributed by atoms with Crippen LogP contribution in [0.5, 0.6) is 0 Å². The molecule has 0 aromatic heterocycles. The van der Waals surface area contributed by atoms with Crippen LogP contribution >= 0.6 is 0 Å². The molecule has 0 aromatic carbocycles. The van der Waals surface area contributed by atoms with E-state index in [1.807, 2.05) is 14.1 Å². The van der Waals surface area contributed by atoms with E-state index in [1.165, 1.54) is 199 Å². The molecule has 3 nitrogen and oxygen atoms in total. The normalized spacial score (nSPS) is 13.6. The van der Waals surface area contributed by atoms with Crippen molar-refractivity contribution in [3.05, 3.63) is 24.3 Å². The predicted octanol–water partition coefficient (Wildman–Crippen LogP) is 17.9. The maximum absolute atomic E-state index is 13.6. The van der Waals surface area contributed by atoms with Gasteiger partial charge in [-0.1, -0.05) is 231 Å². The average Bonchev–Trinajstić information content (AvgIpc) is 3.21. The molecule has 0 aliphatic heterocycles. The van der Waals surface area contributed by atoms with Crippen LogP contribution in [0.3, 0.4) is 0 Å². The largest absolute Gasteiger partial charge is 0.309 e. The molecule has 0 amide bonds. The molecule has 0 rings (SSSR count). The third kappa shape index (κ3) is 40.2. The zero-order valence-electron chi connectivity index (χ0n) is 40.6. The third-order valence-electron chi connectivity index (χ3n) is 13.0. The van der Waals surface area contributed by atoms with Gasteiger partial charge in [0.05, 0.1) is 0 Å². The molecular weight excluding hydrogens is 707 g/mol. The molecule has 3 atom stereocenters. The van der Waals surface area contributed by atoms with Gasteiger partial charge in [0.25, 0.3) is 0 Å². The Kier molecular flexibility index (Phi) is 44.4. The van der Waals surface area contributed by atoms with Crippen LogP contribution < -0.4 is 0 Å². The van der Waals surface area contributed by atoms with Crippen LogP contribution in [-0.4, -0.2) is 37.1 Å². The molecule has 0 aliphatic rings. The van der Waals surface area contributed by atoms with Gasteiger partial charge in [-0.25, -0.2) is 0 Å². The molecule has 3 unspecified atom stereocenters. The fraction of sp³-hybridized carbons (Fsp3) is 0.891. The van der Waals surface area contributed by atoms with Crippen molar-refractivity contribution >= 4 is 11.6 Å². The lowest BCUT2D eigenvalue weighted by atomic mass is 9.78. The van der Waals surface area contributed by atoms with E-state index in [2.05, 4.69) is 56.9 Å². The number of allylic oxidation sites excluding steroid dienone is 4. The summed E-state index contributed by atoms with van der Waals surface area (Å²) in [5, 5.41) is 0. The Morgan fingerprint density at radius 1 is 0.431 bits per heavy atom. The van der Waals surface area contributed by atoms with Gasteiger partial charge in [0.1, 0.15) is 11.6 Å². The molecule has 0 bridgehead atoms. The van der Waals surface area contributed by atoms with E-state index in [4.69, 9.17) is 0 Å². The van der Waals surface area contributed by atoms with Crippen LogP contribution in [0.25, 0.3) is 0 Å². The number of Topliss-reactive ketones (excluding diaryl/α,β-unsaturated/α-hetero) is 2. The zero-order chi connectivity index (χ0) is 42.6. The molecule has 58 heavy (non-hydrogen) atoms. The maximum atomic E-state index is 13.6. The van der Waals surface area contributed by atoms with Crippen LogP contribution in [0.2, 0.25) is 0 Å². The Bertz CT molecular complexity index is 921. The number of rotatable bonds is 47. The number of ketones is 2. The molecular formula is C55H105NO2. The summed E-state index contributed by atoms with van der Waals surface area (Å²) in [6.45, 7) is 9.76. The highest BCUT2D eigenvalue weighted by atomic mass is 16.1. The average molecular weight is 812 g/mol. The van der Waals surface area contributed by atoms with Crippen molar-refractivity contribution in [1.82, 2.24) is 4.90 Å². The molecule has 0 saturated carbocycles. The molecule has 0 fully saturated rings. The van der Waals surface area contributed by atoms with Gasteiger partial charge in [-0.15, -0.1) is 0 Å². The smallest absolute Gasteiger partial charge is 0.134 e. The summed E-state index contributed by atoms with van der Waals surface area (Å²) >= 11 is 0. The lowest BCUT2D eigenvalue weighted by Crippen LogP contribution is -2.22. The second kappa shape index (κ2) is 45.3. The second-order valence-corrected chi connectivity index (χ2v) is 19.0. The predicted molar refractivity (Wildman–Crippen MR) is 260 cm³/mol. The molecule has 0 saturated heterocycles. The SMILES string of the molecule is C/C=C\CC(CCC(=O)CC(CCCCCCCC/C=C\CCCCCCCC)CCCCCCCCCCCCCCCCC)C(CCC)CC(=O)CCN(C)C. The summed E-state index contributed by atoms with van der Waals surface area (Å²) in [6, 6.07) is 0. The van der Waals surface area contributed by atoms with E-state index >= 15 is 0 Å². The molecule has 0 spiro atoms. The number of hydrogen-bond donors (Lipinski definition) is 0. The van der Waals surface area contributed by atoms with Gasteiger partial charge in [-0.2, -0.15) is 0 Å². The molecule has 0 heterocycles. The Morgan fingerprint density at radius 2 is 0.845 bits per heavy atom. The molecule has 0 aliphatic carbocycles. The van der Waals surface area contributed by atoms with Gasteiger partial charge in [-0.05, 0) is 77.3 Å². The van der Waals surface area contributed by atoms with E-state index < -0.39 is 0 Å². The number of hydrogen-bond acceptors (Lipinski definition) is 3. The fourth-order valence-electron chi connectivity index (χ4n) is 9.08. The lowest BCUT2D eigenvalue weighted by Gasteiger charge is -2.26. The van der Waals surface area contributed by atoms with Gasteiger partial charge in [0, 0.05) is 32.2 Å². The Balaban J connectivity index is 4.77. The Labute approximate surface area is 365 Å². The quantitative estimate of drug-likeness (QED) is 0.0454. The van der Waals surface area contributed by atoms with Crippen LogP contribution in [0, 0.1) is 17.8 Å². The molecule has 0 radical (unpaired) electrons. The molecule has 342 valence electrons. The van der Waals surface area contributed by atoms with E-state index in [0.29, 0.717) is 48.6 Å². The summed E-state index contributed by atoms with van der Waals surface area (Å²) in [7, 11) is 4.09. The summed E-state index contributed by atoms with van der Waals surface area (Å²) in [5.74, 6) is 2.24. The second-order valence-electron chi connectivity index (χ2n) is 19.0. The number of nitrogens with zero attached hydrogens (tertiary/aromatic N) is 1. The minimum Gasteiger partial charge on any atom is -0.309 e. The van der Waals surface area contributed by atoms with Crippen LogP contribution in [0.15, 0.2) is 24.3 Å². The van der Waals surface area contributed by atoms with Gasteiger partial charge < -0.3 is 4.90 Å². The Morgan fingerprint density at radius 3 is 1.26 bits per heavy atom. The van der Waals surface area contributed by atoms with Gasteiger partial charge in [0.15, 0.2) is 0 Å². The third-order valence-corrected chi connectivity index (χ3v) is 13.0. The monoisotopic (exact) mass is 812 g/mol. The van der Waals surface area contributed by atoms with Crippen molar-refractivity contribution in [2.45, 2.75) is 278 Å². The van der Waals surface area contributed by atoms with Crippen molar-refractivity contribution in [2.75, 3.05) is 20.6 Å².